The number of rotatable bonds is 4. The Labute approximate surface area is 118 Å². The summed E-state index contributed by atoms with van der Waals surface area (Å²) in [4.78, 5) is 14.0. The molecule has 2 N–H and O–H groups in total. The van der Waals surface area contributed by atoms with Crippen molar-refractivity contribution in [3.8, 4) is 0 Å². The number of hydrogen-bond acceptors (Lipinski definition) is 4. The minimum atomic E-state index is -0.380. The molecule has 7 heteroatoms. The van der Waals surface area contributed by atoms with Gasteiger partial charge in [0, 0.05) is 38.1 Å². The second-order valence-electron chi connectivity index (χ2n) is 4.97. The number of anilines is 1. The van der Waals surface area contributed by atoms with E-state index in [4.69, 9.17) is 5.73 Å². The van der Waals surface area contributed by atoms with Crippen molar-refractivity contribution in [1.29, 1.82) is 0 Å². The number of carbonyl (C=O) groups is 1. The van der Waals surface area contributed by atoms with Crippen LogP contribution in [-0.2, 0) is 18.4 Å². The van der Waals surface area contributed by atoms with E-state index >= 15 is 0 Å². The van der Waals surface area contributed by atoms with Gasteiger partial charge in [-0.25, -0.2) is 0 Å². The number of hydrogen-bond donors (Lipinski definition) is 1. The summed E-state index contributed by atoms with van der Waals surface area (Å²) in [5.74, 6) is 0.395. The highest BCUT2D eigenvalue weighted by Gasteiger charge is 2.21. The van der Waals surface area contributed by atoms with Crippen molar-refractivity contribution in [2.24, 2.45) is 7.05 Å². The Kier molecular flexibility index (Phi) is 3.78. The highest BCUT2D eigenvalue weighted by molar-refractivity contribution is 5.79. The van der Waals surface area contributed by atoms with Crippen LogP contribution < -0.4 is 5.73 Å². The Morgan fingerprint density at radius 3 is 2.75 bits per heavy atom. The maximum absolute atomic E-state index is 12.4. The predicted molar refractivity (Wildman–Crippen MR) is 75.8 cm³/mol. The van der Waals surface area contributed by atoms with Crippen LogP contribution in [-0.4, -0.2) is 37.4 Å². The molecule has 2 aromatic heterocycles. The number of amides is 1. The van der Waals surface area contributed by atoms with Crippen molar-refractivity contribution in [2.75, 3.05) is 12.8 Å². The first-order valence-electron chi connectivity index (χ1n) is 6.43. The Morgan fingerprint density at radius 2 is 2.25 bits per heavy atom. The lowest BCUT2D eigenvalue weighted by molar-refractivity contribution is -0.133. The van der Waals surface area contributed by atoms with Crippen LogP contribution in [0.15, 0.2) is 18.5 Å². The van der Waals surface area contributed by atoms with Gasteiger partial charge in [-0.15, -0.1) is 0 Å². The SMILES string of the molecule is Cc1c(CN(C)C(=O)C(C)n2ccc(N)n2)cnn1C. The van der Waals surface area contributed by atoms with E-state index in [0.29, 0.717) is 12.4 Å². The second-order valence-corrected chi connectivity index (χ2v) is 4.97. The van der Waals surface area contributed by atoms with Gasteiger partial charge in [-0.05, 0) is 19.9 Å². The van der Waals surface area contributed by atoms with Crippen LogP contribution >= 0.6 is 0 Å². The predicted octanol–water partition coefficient (Wildman–Crippen LogP) is 0.727. The summed E-state index contributed by atoms with van der Waals surface area (Å²) in [6.45, 7) is 4.32. The van der Waals surface area contributed by atoms with Gasteiger partial charge >= 0.3 is 0 Å². The molecule has 0 aromatic carbocycles. The minimum absolute atomic E-state index is 0.0173. The summed E-state index contributed by atoms with van der Waals surface area (Å²) in [5.41, 5.74) is 7.66. The van der Waals surface area contributed by atoms with Gasteiger partial charge in [0.2, 0.25) is 5.91 Å². The number of aromatic nitrogens is 4. The van der Waals surface area contributed by atoms with E-state index in [1.807, 2.05) is 14.0 Å². The molecule has 0 aliphatic carbocycles. The van der Waals surface area contributed by atoms with E-state index in [1.165, 1.54) is 0 Å². The molecule has 1 amide bonds. The van der Waals surface area contributed by atoms with Gasteiger partial charge in [0.05, 0.1) is 6.20 Å². The van der Waals surface area contributed by atoms with Crippen molar-refractivity contribution in [2.45, 2.75) is 26.4 Å². The third kappa shape index (κ3) is 2.66. The molecular weight excluding hydrogens is 256 g/mol. The first kappa shape index (κ1) is 14.1. The molecule has 0 aliphatic rings. The Hall–Kier alpha value is -2.31. The van der Waals surface area contributed by atoms with E-state index in [0.717, 1.165) is 11.3 Å². The van der Waals surface area contributed by atoms with Crippen LogP contribution in [0.2, 0.25) is 0 Å². The third-order valence-corrected chi connectivity index (χ3v) is 3.50. The summed E-state index contributed by atoms with van der Waals surface area (Å²) in [6.07, 6.45) is 3.50. The van der Waals surface area contributed by atoms with Crippen LogP contribution in [0.25, 0.3) is 0 Å². The van der Waals surface area contributed by atoms with E-state index in [2.05, 4.69) is 10.2 Å². The standard InChI is InChI=1S/C13H20N6O/c1-9-11(7-15-18(9)4)8-17(3)13(20)10(2)19-6-5-12(14)16-19/h5-7,10H,8H2,1-4H3,(H2,14,16). The van der Waals surface area contributed by atoms with Crippen molar-refractivity contribution in [3.05, 3.63) is 29.7 Å². The van der Waals surface area contributed by atoms with E-state index in [9.17, 15) is 4.79 Å². The van der Waals surface area contributed by atoms with Crippen LogP contribution in [0.4, 0.5) is 5.82 Å². The summed E-state index contributed by atoms with van der Waals surface area (Å²) in [7, 11) is 3.66. The maximum Gasteiger partial charge on any atom is 0.247 e. The molecule has 0 bridgehead atoms. The normalized spacial score (nSPS) is 12.4. The zero-order valence-corrected chi connectivity index (χ0v) is 12.2. The first-order chi connectivity index (χ1) is 9.40. The molecule has 0 aliphatic heterocycles. The number of aryl methyl sites for hydroxylation is 1. The summed E-state index contributed by atoms with van der Waals surface area (Å²) < 4.78 is 3.37. The zero-order valence-electron chi connectivity index (χ0n) is 12.2. The van der Waals surface area contributed by atoms with E-state index in [-0.39, 0.29) is 11.9 Å². The number of nitrogens with two attached hydrogens (primary N) is 1. The average Bonchev–Trinajstić information content (AvgIpc) is 2.98. The lowest BCUT2D eigenvalue weighted by Crippen LogP contribution is -2.33. The molecule has 2 heterocycles. The fourth-order valence-corrected chi connectivity index (χ4v) is 2.03. The molecular formula is C13H20N6O. The lowest BCUT2D eigenvalue weighted by Gasteiger charge is -2.21. The summed E-state index contributed by atoms with van der Waals surface area (Å²) >= 11 is 0. The second kappa shape index (κ2) is 5.36. The highest BCUT2D eigenvalue weighted by atomic mass is 16.2. The number of likely N-dealkylation sites (N-methyl/N-ethyl adjacent to an activating group) is 1. The van der Waals surface area contributed by atoms with Crippen molar-refractivity contribution >= 4 is 11.7 Å². The molecule has 0 spiro atoms. The molecule has 7 nitrogen and oxygen atoms in total. The van der Waals surface area contributed by atoms with Gasteiger partial charge in [-0.3, -0.25) is 14.2 Å². The fraction of sp³-hybridized carbons (Fsp3) is 0.462. The largest absolute Gasteiger partial charge is 0.382 e. The maximum atomic E-state index is 12.4. The van der Waals surface area contributed by atoms with Gasteiger partial charge in [0.25, 0.3) is 0 Å². The van der Waals surface area contributed by atoms with Crippen LogP contribution in [0.3, 0.4) is 0 Å². The quantitative estimate of drug-likeness (QED) is 0.892. The van der Waals surface area contributed by atoms with Gasteiger partial charge < -0.3 is 10.6 Å². The molecule has 0 saturated heterocycles. The molecule has 0 fully saturated rings. The molecule has 20 heavy (non-hydrogen) atoms. The van der Waals surface area contributed by atoms with Gasteiger partial charge in [-0.1, -0.05) is 0 Å². The molecule has 108 valence electrons. The van der Waals surface area contributed by atoms with Gasteiger partial charge in [0.1, 0.15) is 11.9 Å². The monoisotopic (exact) mass is 276 g/mol. The minimum Gasteiger partial charge on any atom is -0.382 e. The smallest absolute Gasteiger partial charge is 0.247 e. The topological polar surface area (TPSA) is 82.0 Å². The molecule has 1 unspecified atom stereocenters. The Balaban J connectivity index is 2.07. The van der Waals surface area contributed by atoms with Crippen LogP contribution in [0.1, 0.15) is 24.2 Å². The molecule has 0 radical (unpaired) electrons. The van der Waals surface area contributed by atoms with E-state index < -0.39 is 0 Å². The van der Waals surface area contributed by atoms with Crippen molar-refractivity contribution < 1.29 is 4.79 Å². The van der Waals surface area contributed by atoms with Gasteiger partial charge in [-0.2, -0.15) is 10.2 Å². The van der Waals surface area contributed by atoms with Crippen molar-refractivity contribution in [1.82, 2.24) is 24.5 Å². The summed E-state index contributed by atoms with van der Waals surface area (Å²) in [6, 6.07) is 1.30. The number of nitrogen functional groups attached to an aromatic ring is 1. The molecule has 1 atom stereocenters. The van der Waals surface area contributed by atoms with Crippen LogP contribution in [0.5, 0.6) is 0 Å². The zero-order chi connectivity index (χ0) is 14.9. The Bertz CT molecular complexity index is 614. The van der Waals surface area contributed by atoms with Crippen LogP contribution in [0, 0.1) is 6.92 Å². The van der Waals surface area contributed by atoms with Crippen molar-refractivity contribution in [3.63, 3.8) is 0 Å². The molecule has 2 aromatic rings. The molecule has 2 rings (SSSR count). The highest BCUT2D eigenvalue weighted by Crippen LogP contribution is 2.14. The first-order valence-corrected chi connectivity index (χ1v) is 6.43. The van der Waals surface area contributed by atoms with E-state index in [1.54, 1.807) is 46.7 Å². The Morgan fingerprint density at radius 1 is 1.55 bits per heavy atom. The third-order valence-electron chi connectivity index (χ3n) is 3.50. The lowest BCUT2D eigenvalue weighted by atomic mass is 10.2. The fourth-order valence-electron chi connectivity index (χ4n) is 2.03. The molecule has 0 saturated carbocycles. The number of nitrogens with zero attached hydrogens (tertiary/aromatic N) is 5. The van der Waals surface area contributed by atoms with Gasteiger partial charge in [0.15, 0.2) is 0 Å². The average molecular weight is 276 g/mol. The summed E-state index contributed by atoms with van der Waals surface area (Å²) in [5, 5.41) is 8.25. The number of carbonyl (C=O) groups excluding carboxylic acids is 1.